The lowest BCUT2D eigenvalue weighted by Crippen LogP contribution is -2.38. The van der Waals surface area contributed by atoms with E-state index < -0.39 is 12.1 Å². The van der Waals surface area contributed by atoms with Gasteiger partial charge >= 0.3 is 0 Å². The molecule has 0 aliphatic rings. The predicted molar refractivity (Wildman–Crippen MR) is 94.5 cm³/mol. The maximum absolute atomic E-state index is 13.6. The summed E-state index contributed by atoms with van der Waals surface area (Å²) in [5.74, 6) is 0.546. The number of hydrogen-bond donors (Lipinski definition) is 1. The number of carbonyl (C=O) groups is 1. The quantitative estimate of drug-likeness (QED) is 0.798. The van der Waals surface area contributed by atoms with Gasteiger partial charge in [-0.2, -0.15) is 0 Å². The summed E-state index contributed by atoms with van der Waals surface area (Å²) in [6.45, 7) is 6.46. The van der Waals surface area contributed by atoms with E-state index >= 15 is 0 Å². The van der Waals surface area contributed by atoms with Gasteiger partial charge in [-0.05, 0) is 37.0 Å². The van der Waals surface area contributed by atoms with Gasteiger partial charge in [0.25, 0.3) is 0 Å². The van der Waals surface area contributed by atoms with Crippen LogP contribution in [0.15, 0.2) is 36.7 Å². The average Bonchev–Trinajstić information content (AvgIpc) is 2.97. The summed E-state index contributed by atoms with van der Waals surface area (Å²) in [6, 6.07) is 5.63. The monoisotopic (exact) mass is 347 g/mol. The first-order valence-electron chi connectivity index (χ1n) is 8.53. The van der Waals surface area contributed by atoms with Gasteiger partial charge < -0.3 is 14.6 Å². The van der Waals surface area contributed by atoms with Gasteiger partial charge in [-0.3, -0.25) is 4.79 Å². The van der Waals surface area contributed by atoms with E-state index in [2.05, 4.69) is 24.1 Å². The maximum atomic E-state index is 13.6. The number of nitrogens with one attached hydrogen (secondary N) is 1. The van der Waals surface area contributed by atoms with Crippen molar-refractivity contribution in [2.45, 2.75) is 39.3 Å². The summed E-state index contributed by atoms with van der Waals surface area (Å²) < 4.78 is 21.1. The number of ether oxygens (including phenoxy) is 1. The third kappa shape index (κ3) is 5.39. The number of halogens is 1. The Morgan fingerprint density at radius 1 is 1.36 bits per heavy atom. The number of imidazole rings is 1. The van der Waals surface area contributed by atoms with Gasteiger partial charge in [0.2, 0.25) is 5.91 Å². The molecule has 0 unspecified atom stereocenters. The second kappa shape index (κ2) is 8.76. The van der Waals surface area contributed by atoms with Crippen molar-refractivity contribution in [2.75, 3.05) is 6.61 Å². The molecular formula is C19H26FN3O2. The van der Waals surface area contributed by atoms with E-state index in [1.807, 2.05) is 7.05 Å². The Kier molecular flexibility index (Phi) is 6.70. The zero-order valence-electron chi connectivity index (χ0n) is 15.2. The van der Waals surface area contributed by atoms with E-state index in [4.69, 9.17) is 4.74 Å². The van der Waals surface area contributed by atoms with Gasteiger partial charge in [-0.15, -0.1) is 0 Å². The fourth-order valence-corrected chi connectivity index (χ4v) is 2.45. The van der Waals surface area contributed by atoms with Crippen LogP contribution in [0.4, 0.5) is 4.39 Å². The average molecular weight is 347 g/mol. The Morgan fingerprint density at radius 3 is 2.72 bits per heavy atom. The van der Waals surface area contributed by atoms with E-state index in [1.54, 1.807) is 36.0 Å². The molecule has 0 aliphatic heterocycles. The van der Waals surface area contributed by atoms with Crippen LogP contribution in [0.25, 0.3) is 0 Å². The number of amides is 1. The van der Waals surface area contributed by atoms with E-state index in [9.17, 15) is 9.18 Å². The van der Waals surface area contributed by atoms with E-state index in [0.29, 0.717) is 23.9 Å². The van der Waals surface area contributed by atoms with Gasteiger partial charge in [0.1, 0.15) is 23.8 Å². The van der Waals surface area contributed by atoms with E-state index in [1.165, 1.54) is 12.1 Å². The molecule has 1 heterocycles. The predicted octanol–water partition coefficient (Wildman–Crippen LogP) is 3.22. The Labute approximate surface area is 148 Å². The van der Waals surface area contributed by atoms with Crippen molar-refractivity contribution in [1.29, 1.82) is 0 Å². The maximum Gasteiger partial charge on any atom is 0.249 e. The third-order valence-corrected chi connectivity index (χ3v) is 4.02. The lowest BCUT2D eigenvalue weighted by Gasteiger charge is -2.22. The summed E-state index contributed by atoms with van der Waals surface area (Å²) in [5, 5.41) is 2.93. The van der Waals surface area contributed by atoms with Gasteiger partial charge in [0.05, 0.1) is 0 Å². The van der Waals surface area contributed by atoms with Crippen LogP contribution in [0.2, 0.25) is 0 Å². The molecular weight excluding hydrogens is 321 g/mol. The molecule has 2 rings (SSSR count). The number of aryl methyl sites for hydroxylation is 1. The highest BCUT2D eigenvalue weighted by atomic mass is 19.1. The lowest BCUT2D eigenvalue weighted by atomic mass is 10.1. The zero-order valence-corrected chi connectivity index (χ0v) is 15.2. The fraction of sp³-hybridized carbons (Fsp3) is 0.474. The number of nitrogens with zero attached hydrogens (tertiary/aromatic N) is 2. The molecule has 6 heteroatoms. The van der Waals surface area contributed by atoms with Crippen molar-refractivity contribution in [3.05, 3.63) is 53.9 Å². The Hall–Kier alpha value is -2.21. The molecule has 1 amide bonds. The molecule has 25 heavy (non-hydrogen) atoms. The van der Waals surface area contributed by atoms with Crippen LogP contribution in [0.5, 0.6) is 0 Å². The molecule has 0 fully saturated rings. The molecule has 0 bridgehead atoms. The van der Waals surface area contributed by atoms with Crippen LogP contribution in [0.3, 0.4) is 0 Å². The van der Waals surface area contributed by atoms with Crippen molar-refractivity contribution in [1.82, 2.24) is 14.9 Å². The first kappa shape index (κ1) is 19.1. The first-order chi connectivity index (χ1) is 11.9. The SMILES string of the molecule is CC(C)CCO[C@H](C)C(=O)N[C@H](c1cccc(F)c1)c1nccn1C. The van der Waals surface area contributed by atoms with Crippen molar-refractivity contribution in [3.63, 3.8) is 0 Å². The molecule has 0 saturated carbocycles. The molecule has 2 atom stereocenters. The summed E-state index contributed by atoms with van der Waals surface area (Å²) in [5.41, 5.74) is 0.636. The highest BCUT2D eigenvalue weighted by Crippen LogP contribution is 2.21. The van der Waals surface area contributed by atoms with Gasteiger partial charge in [-0.25, -0.2) is 9.37 Å². The highest BCUT2D eigenvalue weighted by Gasteiger charge is 2.24. The van der Waals surface area contributed by atoms with Crippen LogP contribution in [0, 0.1) is 11.7 Å². The zero-order chi connectivity index (χ0) is 18.4. The fourth-order valence-electron chi connectivity index (χ4n) is 2.45. The van der Waals surface area contributed by atoms with Crippen LogP contribution >= 0.6 is 0 Å². The number of hydrogen-bond acceptors (Lipinski definition) is 3. The van der Waals surface area contributed by atoms with Crippen molar-refractivity contribution in [2.24, 2.45) is 13.0 Å². The van der Waals surface area contributed by atoms with Crippen molar-refractivity contribution < 1.29 is 13.9 Å². The number of carbonyl (C=O) groups excluding carboxylic acids is 1. The van der Waals surface area contributed by atoms with Gasteiger partial charge in [-0.1, -0.05) is 26.0 Å². The molecule has 5 nitrogen and oxygen atoms in total. The summed E-state index contributed by atoms with van der Waals surface area (Å²) >= 11 is 0. The van der Waals surface area contributed by atoms with Gasteiger partial charge in [0.15, 0.2) is 0 Å². The van der Waals surface area contributed by atoms with E-state index in [0.717, 1.165) is 6.42 Å². The topological polar surface area (TPSA) is 56.1 Å². The molecule has 0 aliphatic carbocycles. The minimum Gasteiger partial charge on any atom is -0.369 e. The summed E-state index contributed by atoms with van der Waals surface area (Å²) in [4.78, 5) is 16.8. The number of aromatic nitrogens is 2. The van der Waals surface area contributed by atoms with E-state index in [-0.39, 0.29) is 11.7 Å². The lowest BCUT2D eigenvalue weighted by molar-refractivity contribution is -0.132. The third-order valence-electron chi connectivity index (χ3n) is 4.02. The Balaban J connectivity index is 2.14. The van der Waals surface area contributed by atoms with Crippen molar-refractivity contribution in [3.8, 4) is 0 Å². The number of rotatable bonds is 8. The smallest absolute Gasteiger partial charge is 0.249 e. The molecule has 2 aromatic rings. The van der Waals surface area contributed by atoms with Crippen LogP contribution in [-0.4, -0.2) is 28.2 Å². The molecule has 136 valence electrons. The molecule has 1 aromatic heterocycles. The van der Waals surface area contributed by atoms with Gasteiger partial charge in [0, 0.05) is 26.0 Å². The standard InChI is InChI=1S/C19H26FN3O2/c1-13(2)8-11-25-14(3)19(24)22-17(18-21-9-10-23(18)4)15-6-5-7-16(20)12-15/h5-7,9-10,12-14,17H,8,11H2,1-4H3,(H,22,24)/t14-,17-/m1/s1. The molecule has 0 radical (unpaired) electrons. The highest BCUT2D eigenvalue weighted by molar-refractivity contribution is 5.81. The normalized spacial score (nSPS) is 13.7. The Morgan fingerprint density at radius 2 is 2.12 bits per heavy atom. The van der Waals surface area contributed by atoms with Crippen LogP contribution in [0.1, 0.15) is 44.6 Å². The van der Waals surface area contributed by atoms with Crippen LogP contribution < -0.4 is 5.32 Å². The minimum absolute atomic E-state index is 0.249. The second-order valence-electron chi connectivity index (χ2n) is 6.59. The van der Waals surface area contributed by atoms with Crippen molar-refractivity contribution >= 4 is 5.91 Å². The largest absolute Gasteiger partial charge is 0.369 e. The molecule has 1 N–H and O–H groups in total. The van der Waals surface area contributed by atoms with Crippen LogP contribution in [-0.2, 0) is 16.6 Å². The molecule has 0 saturated heterocycles. The summed E-state index contributed by atoms with van der Waals surface area (Å²) in [6.07, 6.45) is 3.74. The molecule has 0 spiro atoms. The summed E-state index contributed by atoms with van der Waals surface area (Å²) in [7, 11) is 1.84. The second-order valence-corrected chi connectivity index (χ2v) is 6.59. The number of benzene rings is 1. The Bertz CT molecular complexity index is 699. The molecule has 1 aromatic carbocycles. The first-order valence-corrected chi connectivity index (χ1v) is 8.53. The minimum atomic E-state index is -0.588.